The molecule has 0 radical (unpaired) electrons. The van der Waals surface area contributed by atoms with Crippen LogP contribution >= 0.6 is 22.6 Å². The highest BCUT2D eigenvalue weighted by Gasteiger charge is 2.24. The minimum absolute atomic E-state index is 0. The van der Waals surface area contributed by atoms with Gasteiger partial charge in [-0.25, -0.2) is 0 Å². The second-order valence-corrected chi connectivity index (χ2v) is 7.54. The molecule has 3 aromatic rings. The van der Waals surface area contributed by atoms with Crippen LogP contribution in [0.5, 0.6) is 0 Å². The Balaban J connectivity index is 0.00000261. The molecule has 144 valence electrons. The van der Waals surface area contributed by atoms with Gasteiger partial charge < -0.3 is 12.4 Å². The van der Waals surface area contributed by atoms with E-state index in [0.717, 1.165) is 25.7 Å². The third kappa shape index (κ3) is 4.09. The summed E-state index contributed by atoms with van der Waals surface area (Å²) in [5, 5.41) is 0. The highest BCUT2D eigenvalue weighted by Crippen LogP contribution is 2.25. The minimum atomic E-state index is 0. The predicted molar refractivity (Wildman–Crippen MR) is 118 cm³/mol. The number of halogens is 2. The summed E-state index contributed by atoms with van der Waals surface area (Å²) in [6.07, 6.45) is 8.63. The summed E-state index contributed by atoms with van der Waals surface area (Å²) in [5.74, 6) is 0. The lowest BCUT2D eigenvalue weighted by atomic mass is 10.0. The highest BCUT2D eigenvalue weighted by atomic mass is 127. The molecule has 3 rings (SSSR count). The molecule has 0 bridgehead atoms. The third-order valence-corrected chi connectivity index (χ3v) is 6.21. The molecular weight excluding hydrogens is 467 g/mol. The van der Waals surface area contributed by atoms with Crippen LogP contribution in [-0.4, -0.2) is 4.57 Å². The molecule has 2 nitrogen and oxygen atoms in total. The molecule has 0 aliphatic rings. The maximum Gasteiger partial charge on any atom is 0.327 e. The number of hydrogen-bond acceptors (Lipinski definition) is 0. The number of benzene rings is 2. The number of rotatable bonds is 6. The number of hydrogen-bond donors (Lipinski definition) is 0. The zero-order valence-electron chi connectivity index (χ0n) is 16.6. The molecule has 0 N–H and O–H groups in total. The average molecular weight is 495 g/mol. The first-order valence-electron chi connectivity index (χ1n) is 9.66. The molecule has 0 spiro atoms. The van der Waals surface area contributed by atoms with E-state index in [1.165, 1.54) is 37.5 Å². The Morgan fingerprint density at radius 2 is 1.22 bits per heavy atom. The molecular formula is C23H28ClIN2. The Labute approximate surface area is 183 Å². The lowest BCUT2D eigenvalue weighted by Crippen LogP contribution is -3.00. The van der Waals surface area contributed by atoms with Crippen LogP contribution in [0, 0.1) is 3.83 Å². The van der Waals surface area contributed by atoms with Crippen LogP contribution in [0.4, 0.5) is 0 Å². The van der Waals surface area contributed by atoms with Gasteiger partial charge in [-0.3, -0.25) is 0 Å². The second-order valence-electron chi connectivity index (χ2n) is 6.57. The molecule has 0 aliphatic heterocycles. The molecule has 27 heavy (non-hydrogen) atoms. The second kappa shape index (κ2) is 9.74. The molecule has 4 heteroatoms. The monoisotopic (exact) mass is 494 g/mol. The van der Waals surface area contributed by atoms with Gasteiger partial charge in [0.15, 0.2) is 0 Å². The topological polar surface area (TPSA) is 8.81 Å². The zero-order chi connectivity index (χ0) is 18.7. The summed E-state index contributed by atoms with van der Waals surface area (Å²) in [5.41, 5.74) is 8.34. The lowest BCUT2D eigenvalue weighted by Gasteiger charge is -2.12. The Morgan fingerprint density at radius 3 is 1.67 bits per heavy atom. The Bertz CT molecular complexity index is 797. The molecule has 0 saturated heterocycles. The normalized spacial score (nSPS) is 10.7. The van der Waals surface area contributed by atoms with Gasteiger partial charge in [-0.1, -0.05) is 64.1 Å². The van der Waals surface area contributed by atoms with Crippen LogP contribution in [0.2, 0.25) is 0 Å². The Morgan fingerprint density at radius 1 is 0.778 bits per heavy atom. The summed E-state index contributed by atoms with van der Waals surface area (Å²) < 4.78 is 5.96. The van der Waals surface area contributed by atoms with Gasteiger partial charge in [0.25, 0.3) is 0 Å². The molecule has 0 atom stereocenters. The number of para-hydroxylation sites is 2. The van der Waals surface area contributed by atoms with Crippen molar-refractivity contribution < 1.29 is 17.0 Å². The first-order valence-corrected chi connectivity index (χ1v) is 10.7. The summed E-state index contributed by atoms with van der Waals surface area (Å²) in [6, 6.07) is 13.4. The summed E-state index contributed by atoms with van der Waals surface area (Å²) >= 11 is 2.50. The number of imidazole rings is 1. The molecule has 0 saturated carbocycles. The van der Waals surface area contributed by atoms with E-state index in [-0.39, 0.29) is 12.4 Å². The van der Waals surface area contributed by atoms with Gasteiger partial charge in [-0.15, -0.1) is 0 Å². The van der Waals surface area contributed by atoms with E-state index in [2.05, 4.69) is 108 Å². The van der Waals surface area contributed by atoms with Gasteiger partial charge >= 0.3 is 3.83 Å². The molecule has 1 aromatic heterocycles. The molecule has 0 amide bonds. The van der Waals surface area contributed by atoms with Crippen LogP contribution in [0.25, 0.3) is 11.4 Å². The van der Waals surface area contributed by atoms with Crippen molar-refractivity contribution in [2.75, 3.05) is 0 Å². The summed E-state index contributed by atoms with van der Waals surface area (Å²) in [4.78, 5) is 0. The number of nitrogens with zero attached hydrogens (tertiary/aromatic N) is 2. The molecule has 2 aromatic carbocycles. The fourth-order valence-corrected chi connectivity index (χ4v) is 4.56. The van der Waals surface area contributed by atoms with E-state index in [1.807, 2.05) is 0 Å². The number of aryl methyl sites for hydroxylation is 4. The SMILES string of the molecule is CCc1cccc(CC)c1-n1cc[n+](-c2c(CC)cccc2CC)c1I.[Cl-]. The predicted octanol–water partition coefficient (Wildman–Crippen LogP) is 2.61. The summed E-state index contributed by atoms with van der Waals surface area (Å²) in [7, 11) is 0. The lowest BCUT2D eigenvalue weighted by molar-refractivity contribution is -0.609. The first kappa shape index (κ1) is 22.0. The average Bonchev–Trinajstić information content (AvgIpc) is 3.06. The maximum absolute atomic E-state index is 2.50. The smallest absolute Gasteiger partial charge is 0.327 e. The van der Waals surface area contributed by atoms with E-state index in [4.69, 9.17) is 0 Å². The van der Waals surface area contributed by atoms with E-state index < -0.39 is 0 Å². The molecule has 1 heterocycles. The molecule has 0 unspecified atom stereocenters. The van der Waals surface area contributed by atoms with Gasteiger partial charge in [0.1, 0.15) is 23.8 Å². The van der Waals surface area contributed by atoms with Crippen molar-refractivity contribution in [2.45, 2.75) is 53.4 Å². The van der Waals surface area contributed by atoms with E-state index in [1.54, 1.807) is 0 Å². The van der Waals surface area contributed by atoms with Crippen molar-refractivity contribution in [1.29, 1.82) is 0 Å². The zero-order valence-corrected chi connectivity index (χ0v) is 19.5. The van der Waals surface area contributed by atoms with Gasteiger partial charge in [0.05, 0.1) is 22.6 Å². The van der Waals surface area contributed by atoms with Crippen molar-refractivity contribution in [3.8, 4) is 11.4 Å². The van der Waals surface area contributed by atoms with Gasteiger partial charge in [0, 0.05) is 0 Å². The van der Waals surface area contributed by atoms with E-state index in [9.17, 15) is 0 Å². The third-order valence-electron chi connectivity index (χ3n) is 5.17. The van der Waals surface area contributed by atoms with E-state index in [0.29, 0.717) is 0 Å². The maximum atomic E-state index is 2.50. The van der Waals surface area contributed by atoms with Crippen molar-refractivity contribution in [1.82, 2.24) is 4.57 Å². The minimum Gasteiger partial charge on any atom is -1.00 e. The van der Waals surface area contributed by atoms with Crippen molar-refractivity contribution in [3.05, 3.63) is 74.9 Å². The van der Waals surface area contributed by atoms with E-state index >= 15 is 0 Å². The van der Waals surface area contributed by atoms with Gasteiger partial charge in [-0.2, -0.15) is 9.13 Å². The van der Waals surface area contributed by atoms with Crippen molar-refractivity contribution >= 4 is 22.6 Å². The largest absolute Gasteiger partial charge is 1.00 e. The van der Waals surface area contributed by atoms with Crippen molar-refractivity contribution in [2.24, 2.45) is 0 Å². The Kier molecular flexibility index (Phi) is 7.92. The highest BCUT2D eigenvalue weighted by molar-refractivity contribution is 14.1. The van der Waals surface area contributed by atoms with Gasteiger partial charge in [0.2, 0.25) is 0 Å². The van der Waals surface area contributed by atoms with Crippen LogP contribution < -0.4 is 17.0 Å². The van der Waals surface area contributed by atoms with Crippen LogP contribution in [-0.2, 0) is 25.7 Å². The molecule has 0 aliphatic carbocycles. The Hall–Kier alpha value is -1.33. The van der Waals surface area contributed by atoms with Crippen LogP contribution in [0.3, 0.4) is 0 Å². The van der Waals surface area contributed by atoms with Crippen molar-refractivity contribution in [3.63, 3.8) is 0 Å². The fourth-order valence-electron chi connectivity index (χ4n) is 3.76. The first-order chi connectivity index (χ1) is 12.7. The standard InChI is InChI=1S/C23H28IN2.ClH/c1-5-17-11-9-12-18(6-2)21(17)25-15-16-26(23(25)24)22-19(7-3)13-10-14-20(22)8-4;/h9-16H,5-8H2,1-4H3;1H/q+1;/p-1. The number of aromatic nitrogens is 2. The molecule has 0 fully saturated rings. The van der Waals surface area contributed by atoms with Gasteiger partial charge in [-0.05, 0) is 47.9 Å². The quantitative estimate of drug-likeness (QED) is 0.368. The fraction of sp³-hybridized carbons (Fsp3) is 0.348. The summed E-state index contributed by atoms with van der Waals surface area (Å²) in [6.45, 7) is 8.96. The van der Waals surface area contributed by atoms with Crippen LogP contribution in [0.1, 0.15) is 49.9 Å². The van der Waals surface area contributed by atoms with Crippen LogP contribution in [0.15, 0.2) is 48.8 Å².